The standard InChI is InChI=1S/C19H30O3/c1-3-5-8-19(22,4-2)9-6-7-16-17-11-14(13-20)10-15(17)12-18(16)21/h4,6-7,10,15-18,20-22H,2-3,5,8-9,11-13H2,1H3/b7-6+/t15-,16+,17-,18+,19?/m0/s1. The number of aliphatic hydroxyl groups excluding tert-OH is 2. The molecule has 0 bridgehead atoms. The van der Waals surface area contributed by atoms with Crippen LogP contribution < -0.4 is 0 Å². The van der Waals surface area contributed by atoms with Gasteiger partial charge in [-0.2, -0.15) is 0 Å². The van der Waals surface area contributed by atoms with Gasteiger partial charge in [0.2, 0.25) is 0 Å². The largest absolute Gasteiger partial charge is 0.392 e. The Morgan fingerprint density at radius 2 is 2.23 bits per heavy atom. The summed E-state index contributed by atoms with van der Waals surface area (Å²) in [6.45, 7) is 6.00. The van der Waals surface area contributed by atoms with E-state index in [1.807, 2.05) is 6.08 Å². The van der Waals surface area contributed by atoms with Crippen molar-refractivity contribution in [2.75, 3.05) is 6.61 Å². The molecule has 2 aliphatic carbocycles. The second-order valence-electron chi connectivity index (χ2n) is 6.94. The number of aliphatic hydroxyl groups is 3. The molecule has 3 heteroatoms. The van der Waals surface area contributed by atoms with E-state index in [1.165, 1.54) is 0 Å². The summed E-state index contributed by atoms with van der Waals surface area (Å²) in [5, 5.41) is 30.0. The monoisotopic (exact) mass is 306 g/mol. The van der Waals surface area contributed by atoms with Gasteiger partial charge in [0.15, 0.2) is 0 Å². The zero-order valence-corrected chi connectivity index (χ0v) is 13.6. The molecule has 124 valence electrons. The van der Waals surface area contributed by atoms with Crippen molar-refractivity contribution >= 4 is 0 Å². The lowest BCUT2D eigenvalue weighted by Crippen LogP contribution is -2.24. The second kappa shape index (κ2) is 7.58. The molecule has 2 aliphatic rings. The quantitative estimate of drug-likeness (QED) is 0.604. The van der Waals surface area contributed by atoms with Gasteiger partial charge in [-0.05, 0) is 43.1 Å². The van der Waals surface area contributed by atoms with Crippen molar-refractivity contribution < 1.29 is 15.3 Å². The van der Waals surface area contributed by atoms with Crippen molar-refractivity contribution in [1.29, 1.82) is 0 Å². The molecule has 1 saturated carbocycles. The van der Waals surface area contributed by atoms with E-state index in [0.717, 1.165) is 37.7 Å². The first-order valence-electron chi connectivity index (χ1n) is 8.54. The summed E-state index contributed by atoms with van der Waals surface area (Å²) in [5.41, 5.74) is 0.269. The average Bonchev–Trinajstić information content (AvgIpc) is 3.03. The Morgan fingerprint density at radius 1 is 1.45 bits per heavy atom. The highest BCUT2D eigenvalue weighted by molar-refractivity contribution is 5.21. The van der Waals surface area contributed by atoms with Crippen molar-refractivity contribution in [3.8, 4) is 0 Å². The van der Waals surface area contributed by atoms with Crippen LogP contribution in [-0.4, -0.2) is 33.6 Å². The first-order valence-corrected chi connectivity index (χ1v) is 8.54. The minimum Gasteiger partial charge on any atom is -0.392 e. The van der Waals surface area contributed by atoms with E-state index in [4.69, 9.17) is 0 Å². The van der Waals surface area contributed by atoms with Gasteiger partial charge >= 0.3 is 0 Å². The van der Waals surface area contributed by atoms with Crippen LogP contribution in [0, 0.1) is 17.8 Å². The summed E-state index contributed by atoms with van der Waals surface area (Å²) in [5.74, 6) is 0.927. The van der Waals surface area contributed by atoms with E-state index in [1.54, 1.807) is 6.08 Å². The molecule has 5 atom stereocenters. The average molecular weight is 306 g/mol. The van der Waals surface area contributed by atoms with Gasteiger partial charge in [-0.15, -0.1) is 6.58 Å². The lowest BCUT2D eigenvalue weighted by molar-refractivity contribution is 0.0819. The number of fused-ring (bicyclic) bond motifs is 1. The van der Waals surface area contributed by atoms with E-state index in [-0.39, 0.29) is 18.6 Å². The van der Waals surface area contributed by atoms with Gasteiger partial charge in [0.25, 0.3) is 0 Å². The van der Waals surface area contributed by atoms with Crippen molar-refractivity contribution in [2.24, 2.45) is 17.8 Å². The molecule has 1 unspecified atom stereocenters. The predicted molar refractivity (Wildman–Crippen MR) is 89.3 cm³/mol. The van der Waals surface area contributed by atoms with Gasteiger partial charge in [0, 0.05) is 5.92 Å². The van der Waals surface area contributed by atoms with Crippen LogP contribution >= 0.6 is 0 Å². The third-order valence-corrected chi connectivity index (χ3v) is 5.33. The molecular weight excluding hydrogens is 276 g/mol. The Balaban J connectivity index is 1.94. The van der Waals surface area contributed by atoms with Crippen molar-refractivity contribution in [3.63, 3.8) is 0 Å². The molecule has 0 heterocycles. The number of hydrogen-bond donors (Lipinski definition) is 3. The zero-order valence-electron chi connectivity index (χ0n) is 13.6. The Kier molecular flexibility index (Phi) is 6.01. The van der Waals surface area contributed by atoms with Crippen LogP contribution in [0.5, 0.6) is 0 Å². The summed E-state index contributed by atoms with van der Waals surface area (Å²) in [6, 6.07) is 0. The molecule has 2 rings (SSSR count). The van der Waals surface area contributed by atoms with Gasteiger partial charge < -0.3 is 15.3 Å². The van der Waals surface area contributed by atoms with Gasteiger partial charge in [-0.1, -0.05) is 44.1 Å². The Bertz CT molecular complexity index is 440. The number of rotatable bonds is 8. The fourth-order valence-corrected chi connectivity index (χ4v) is 3.92. The Morgan fingerprint density at radius 3 is 2.86 bits per heavy atom. The minimum absolute atomic E-state index is 0.130. The normalized spacial score (nSPS) is 33.7. The van der Waals surface area contributed by atoms with Crippen molar-refractivity contribution in [2.45, 2.75) is 57.2 Å². The number of hydrogen-bond acceptors (Lipinski definition) is 3. The Hall–Kier alpha value is -0.900. The van der Waals surface area contributed by atoms with Crippen LogP contribution in [-0.2, 0) is 0 Å². The van der Waals surface area contributed by atoms with Crippen LogP contribution in [0.3, 0.4) is 0 Å². The smallest absolute Gasteiger partial charge is 0.0859 e. The van der Waals surface area contributed by atoms with Gasteiger partial charge in [0.05, 0.1) is 18.3 Å². The van der Waals surface area contributed by atoms with Crippen molar-refractivity contribution in [1.82, 2.24) is 0 Å². The van der Waals surface area contributed by atoms with E-state index in [9.17, 15) is 15.3 Å². The van der Waals surface area contributed by atoms with Crippen LogP contribution in [0.2, 0.25) is 0 Å². The molecule has 0 saturated heterocycles. The van der Waals surface area contributed by atoms with E-state index >= 15 is 0 Å². The second-order valence-corrected chi connectivity index (χ2v) is 6.94. The summed E-state index contributed by atoms with van der Waals surface area (Å²) in [4.78, 5) is 0. The first-order chi connectivity index (χ1) is 10.5. The highest BCUT2D eigenvalue weighted by atomic mass is 16.3. The van der Waals surface area contributed by atoms with Crippen LogP contribution in [0.1, 0.15) is 45.4 Å². The summed E-state index contributed by atoms with van der Waals surface area (Å²) < 4.78 is 0. The van der Waals surface area contributed by atoms with E-state index in [2.05, 4.69) is 25.7 Å². The topological polar surface area (TPSA) is 60.7 Å². The van der Waals surface area contributed by atoms with Crippen LogP contribution in [0.25, 0.3) is 0 Å². The lowest BCUT2D eigenvalue weighted by Gasteiger charge is -2.23. The molecule has 1 fully saturated rings. The van der Waals surface area contributed by atoms with Crippen molar-refractivity contribution in [3.05, 3.63) is 36.5 Å². The summed E-state index contributed by atoms with van der Waals surface area (Å²) in [6.07, 6.45) is 12.5. The Labute approximate surface area is 134 Å². The molecule has 3 N–H and O–H groups in total. The number of allylic oxidation sites excluding steroid dienone is 1. The molecule has 22 heavy (non-hydrogen) atoms. The maximum atomic E-state index is 10.5. The van der Waals surface area contributed by atoms with Crippen LogP contribution in [0.15, 0.2) is 36.5 Å². The molecule has 0 aromatic heterocycles. The molecule has 0 aliphatic heterocycles. The third kappa shape index (κ3) is 3.89. The zero-order chi connectivity index (χ0) is 16.2. The maximum absolute atomic E-state index is 10.5. The van der Waals surface area contributed by atoms with Gasteiger partial charge in [-0.25, -0.2) is 0 Å². The van der Waals surface area contributed by atoms with Gasteiger partial charge in [0.1, 0.15) is 0 Å². The highest BCUT2D eigenvalue weighted by Gasteiger charge is 2.43. The molecule has 0 aromatic carbocycles. The fraction of sp³-hybridized carbons (Fsp3) is 0.684. The minimum atomic E-state index is -0.834. The lowest BCUT2D eigenvalue weighted by atomic mass is 9.87. The summed E-state index contributed by atoms with van der Waals surface area (Å²) >= 11 is 0. The highest BCUT2D eigenvalue weighted by Crippen LogP contribution is 2.47. The number of unbranched alkanes of at least 4 members (excludes halogenated alkanes) is 1. The molecular formula is C19H30O3. The third-order valence-electron chi connectivity index (χ3n) is 5.33. The maximum Gasteiger partial charge on any atom is 0.0859 e. The molecule has 0 amide bonds. The molecule has 0 spiro atoms. The fourth-order valence-electron chi connectivity index (χ4n) is 3.92. The van der Waals surface area contributed by atoms with E-state index < -0.39 is 5.60 Å². The predicted octanol–water partition coefficient (Wildman–Crippen LogP) is 2.98. The molecule has 3 nitrogen and oxygen atoms in total. The summed E-state index contributed by atoms with van der Waals surface area (Å²) in [7, 11) is 0. The molecule has 0 aromatic rings. The van der Waals surface area contributed by atoms with Gasteiger partial charge in [-0.3, -0.25) is 0 Å². The van der Waals surface area contributed by atoms with Crippen LogP contribution in [0.4, 0.5) is 0 Å². The first kappa shape index (κ1) is 17.5. The SMILES string of the molecule is C=CC(O)(C/C=C/[C@@H]1[C@H]2CC(CO)=C[C@H]2C[C@H]1O)CCCC. The molecule has 0 radical (unpaired) electrons. The van der Waals surface area contributed by atoms with E-state index in [0.29, 0.717) is 18.3 Å².